The monoisotopic (exact) mass is 490 g/mol. The largest absolute Gasteiger partial charge is 0.497 e. The first-order valence-electron chi connectivity index (χ1n) is 11.9. The van der Waals surface area contributed by atoms with E-state index in [-0.39, 0.29) is 31.0 Å². The zero-order valence-electron chi connectivity index (χ0n) is 21.3. The second kappa shape index (κ2) is 13.2. The van der Waals surface area contributed by atoms with E-state index in [2.05, 4.69) is 5.32 Å². The quantitative estimate of drug-likeness (QED) is 0.411. The number of hydrogen-bond donors (Lipinski definition) is 1. The van der Waals surface area contributed by atoms with Crippen LogP contribution in [-0.2, 0) is 22.6 Å². The van der Waals surface area contributed by atoms with Crippen LogP contribution in [0, 0.1) is 0 Å². The van der Waals surface area contributed by atoms with E-state index in [1.807, 2.05) is 68.4 Å². The maximum absolute atomic E-state index is 13.6. The average molecular weight is 491 g/mol. The van der Waals surface area contributed by atoms with E-state index in [0.717, 1.165) is 11.1 Å². The molecule has 0 aliphatic carbocycles. The summed E-state index contributed by atoms with van der Waals surface area (Å²) in [6.45, 7) is 3.82. The molecule has 7 heteroatoms. The van der Waals surface area contributed by atoms with Gasteiger partial charge in [0.2, 0.25) is 5.91 Å². The van der Waals surface area contributed by atoms with Gasteiger partial charge >= 0.3 is 0 Å². The number of carbonyl (C=O) groups excluding carboxylic acids is 2. The van der Waals surface area contributed by atoms with Crippen molar-refractivity contribution in [1.29, 1.82) is 0 Å². The molecule has 3 aromatic carbocycles. The van der Waals surface area contributed by atoms with E-state index in [1.54, 1.807) is 43.4 Å². The molecule has 7 nitrogen and oxygen atoms in total. The molecule has 3 aromatic rings. The number of hydrogen-bond acceptors (Lipinski definition) is 5. The Morgan fingerprint density at radius 3 is 2.08 bits per heavy atom. The van der Waals surface area contributed by atoms with Crippen LogP contribution in [-0.4, -0.2) is 49.6 Å². The van der Waals surface area contributed by atoms with E-state index >= 15 is 0 Å². The summed E-state index contributed by atoms with van der Waals surface area (Å²) in [5.74, 6) is 1.40. The summed E-state index contributed by atoms with van der Waals surface area (Å²) >= 11 is 0. The lowest BCUT2D eigenvalue weighted by Crippen LogP contribution is -2.52. The third kappa shape index (κ3) is 7.77. The molecule has 3 rings (SSSR count). The lowest BCUT2D eigenvalue weighted by molar-refractivity contribution is -0.143. The smallest absolute Gasteiger partial charge is 0.261 e. The van der Waals surface area contributed by atoms with Gasteiger partial charge in [-0.2, -0.15) is 0 Å². The van der Waals surface area contributed by atoms with Gasteiger partial charge in [-0.05, 0) is 61.4 Å². The van der Waals surface area contributed by atoms with Crippen LogP contribution in [0.25, 0.3) is 0 Å². The molecule has 190 valence electrons. The second-order valence-corrected chi connectivity index (χ2v) is 8.71. The molecule has 0 fully saturated rings. The Morgan fingerprint density at radius 1 is 0.806 bits per heavy atom. The van der Waals surface area contributed by atoms with Gasteiger partial charge in [0.05, 0.1) is 14.2 Å². The van der Waals surface area contributed by atoms with Crippen molar-refractivity contribution in [3.8, 4) is 17.2 Å². The van der Waals surface area contributed by atoms with Crippen LogP contribution < -0.4 is 19.5 Å². The fourth-order valence-corrected chi connectivity index (χ4v) is 3.80. The van der Waals surface area contributed by atoms with Gasteiger partial charge in [0.15, 0.2) is 6.61 Å². The van der Waals surface area contributed by atoms with Crippen LogP contribution in [0.15, 0.2) is 78.9 Å². The van der Waals surface area contributed by atoms with Gasteiger partial charge < -0.3 is 24.4 Å². The van der Waals surface area contributed by atoms with E-state index in [4.69, 9.17) is 14.2 Å². The molecule has 0 aromatic heterocycles. The zero-order valence-corrected chi connectivity index (χ0v) is 21.3. The molecule has 36 heavy (non-hydrogen) atoms. The highest BCUT2D eigenvalue weighted by Crippen LogP contribution is 2.20. The van der Waals surface area contributed by atoms with Crippen molar-refractivity contribution in [2.75, 3.05) is 20.8 Å². The molecule has 1 N–H and O–H groups in total. The summed E-state index contributed by atoms with van der Waals surface area (Å²) in [4.78, 5) is 28.5. The molecule has 2 amide bonds. The van der Waals surface area contributed by atoms with Gasteiger partial charge in [0.25, 0.3) is 5.91 Å². The third-order valence-electron chi connectivity index (χ3n) is 5.61. The van der Waals surface area contributed by atoms with Gasteiger partial charge in [0, 0.05) is 19.0 Å². The van der Waals surface area contributed by atoms with Crippen LogP contribution in [0.1, 0.15) is 25.0 Å². The third-order valence-corrected chi connectivity index (χ3v) is 5.61. The van der Waals surface area contributed by atoms with Gasteiger partial charge in [-0.1, -0.05) is 42.5 Å². The predicted molar refractivity (Wildman–Crippen MR) is 139 cm³/mol. The Morgan fingerprint density at radius 2 is 1.44 bits per heavy atom. The number of benzene rings is 3. The first-order valence-corrected chi connectivity index (χ1v) is 11.9. The minimum absolute atomic E-state index is 0.0694. The van der Waals surface area contributed by atoms with Gasteiger partial charge in [-0.25, -0.2) is 0 Å². The minimum atomic E-state index is -0.729. The van der Waals surface area contributed by atoms with E-state index in [0.29, 0.717) is 23.7 Å². The maximum atomic E-state index is 13.6. The molecular weight excluding hydrogens is 456 g/mol. The minimum Gasteiger partial charge on any atom is -0.497 e. The maximum Gasteiger partial charge on any atom is 0.261 e. The van der Waals surface area contributed by atoms with Crippen LogP contribution in [0.4, 0.5) is 0 Å². The van der Waals surface area contributed by atoms with Crippen LogP contribution in [0.5, 0.6) is 17.2 Å². The fourth-order valence-electron chi connectivity index (χ4n) is 3.80. The molecule has 0 spiro atoms. The molecular formula is C29H34N2O5. The topological polar surface area (TPSA) is 77.1 Å². The Labute approximate surface area is 213 Å². The SMILES string of the molecule is COc1ccc(OCC(=O)N(Cc2cccc(OC)c2)C(Cc2ccccc2)C(=O)NC(C)C)cc1. The summed E-state index contributed by atoms with van der Waals surface area (Å²) in [5, 5.41) is 2.98. The predicted octanol–water partition coefficient (Wildman–Crippen LogP) is 4.25. The molecule has 0 aliphatic heterocycles. The molecule has 1 atom stereocenters. The second-order valence-electron chi connectivity index (χ2n) is 8.71. The zero-order chi connectivity index (χ0) is 25.9. The van der Waals surface area contributed by atoms with E-state index in [1.165, 1.54) is 0 Å². The molecule has 0 bridgehead atoms. The lowest BCUT2D eigenvalue weighted by Gasteiger charge is -2.32. The Kier molecular flexibility index (Phi) is 9.74. The Bertz CT molecular complexity index is 1120. The Hall–Kier alpha value is -4.00. The van der Waals surface area contributed by atoms with Crippen molar-refractivity contribution < 1.29 is 23.8 Å². The highest BCUT2D eigenvalue weighted by atomic mass is 16.5. The number of nitrogens with one attached hydrogen (secondary N) is 1. The molecule has 0 aliphatic rings. The first-order chi connectivity index (χ1) is 17.4. The van der Waals surface area contributed by atoms with Crippen molar-refractivity contribution in [2.24, 2.45) is 0 Å². The van der Waals surface area contributed by atoms with Crippen molar-refractivity contribution >= 4 is 11.8 Å². The number of methoxy groups -OCH3 is 2. The van der Waals surface area contributed by atoms with Crippen LogP contribution in [0.3, 0.4) is 0 Å². The van der Waals surface area contributed by atoms with E-state index < -0.39 is 6.04 Å². The summed E-state index contributed by atoms with van der Waals surface area (Å²) in [6, 6.07) is 23.4. The summed E-state index contributed by atoms with van der Waals surface area (Å²) in [6.07, 6.45) is 0.373. The highest BCUT2D eigenvalue weighted by Gasteiger charge is 2.31. The summed E-state index contributed by atoms with van der Waals surface area (Å²) in [5.41, 5.74) is 1.81. The van der Waals surface area contributed by atoms with Crippen molar-refractivity contribution in [1.82, 2.24) is 10.2 Å². The standard InChI is InChI=1S/C29H34N2O5/c1-21(2)30-29(33)27(18-22-9-6-5-7-10-22)31(19-23-11-8-12-26(17-23)35-4)28(32)20-36-25-15-13-24(34-3)14-16-25/h5-17,21,27H,18-20H2,1-4H3,(H,30,33). The van der Waals surface area contributed by atoms with Crippen LogP contribution >= 0.6 is 0 Å². The number of carbonyl (C=O) groups is 2. The van der Waals surface area contributed by atoms with Crippen molar-refractivity contribution in [3.63, 3.8) is 0 Å². The van der Waals surface area contributed by atoms with Gasteiger partial charge in [-0.15, -0.1) is 0 Å². The first kappa shape index (κ1) is 26.6. The fraction of sp³-hybridized carbons (Fsp3) is 0.310. The van der Waals surface area contributed by atoms with Crippen LogP contribution in [0.2, 0.25) is 0 Å². The number of ether oxygens (including phenoxy) is 3. The van der Waals surface area contributed by atoms with Crippen molar-refractivity contribution in [2.45, 2.75) is 38.9 Å². The van der Waals surface area contributed by atoms with Gasteiger partial charge in [-0.3, -0.25) is 9.59 Å². The summed E-state index contributed by atoms with van der Waals surface area (Å²) in [7, 11) is 3.18. The average Bonchev–Trinajstić information content (AvgIpc) is 2.89. The summed E-state index contributed by atoms with van der Waals surface area (Å²) < 4.78 is 16.3. The van der Waals surface area contributed by atoms with Crippen molar-refractivity contribution in [3.05, 3.63) is 90.0 Å². The van der Waals surface area contributed by atoms with Gasteiger partial charge in [0.1, 0.15) is 23.3 Å². The Balaban J connectivity index is 1.90. The molecule has 0 heterocycles. The molecule has 0 saturated heterocycles. The molecule has 0 saturated carbocycles. The number of nitrogens with zero attached hydrogens (tertiary/aromatic N) is 1. The molecule has 0 radical (unpaired) electrons. The number of rotatable bonds is 12. The lowest BCUT2D eigenvalue weighted by atomic mass is 10.0. The normalized spacial score (nSPS) is 11.5. The highest BCUT2D eigenvalue weighted by molar-refractivity contribution is 5.88. The molecule has 1 unspecified atom stereocenters. The number of amides is 2. The van der Waals surface area contributed by atoms with E-state index in [9.17, 15) is 9.59 Å².